The third-order valence-electron chi connectivity index (χ3n) is 4.84. The molecule has 160 valence electrons. The van der Waals surface area contributed by atoms with Gasteiger partial charge in [-0.25, -0.2) is 4.79 Å². The van der Waals surface area contributed by atoms with Gasteiger partial charge in [-0.1, -0.05) is 128 Å². The van der Waals surface area contributed by atoms with Gasteiger partial charge in [-0.3, -0.25) is 0 Å². The lowest BCUT2D eigenvalue weighted by atomic mass is 10.0. The van der Waals surface area contributed by atoms with Crippen molar-refractivity contribution in [2.75, 3.05) is 6.61 Å². The van der Waals surface area contributed by atoms with Crippen LogP contribution in [0.15, 0.2) is 12.2 Å². The molecule has 2 nitrogen and oxygen atoms in total. The minimum atomic E-state index is -0.256. The van der Waals surface area contributed by atoms with E-state index < -0.39 is 0 Å². The maximum Gasteiger partial charge on any atom is 0.333 e. The highest BCUT2D eigenvalue weighted by atomic mass is 79.9. The van der Waals surface area contributed by atoms with E-state index in [-0.39, 0.29) is 8.83 Å². The third kappa shape index (κ3) is 22.5. The predicted octanol–water partition coefficient (Wildman–Crippen LogP) is 7.16. The number of rotatable bonds is 19. The maximum atomic E-state index is 11.2. The van der Waals surface area contributed by atoms with Crippen molar-refractivity contribution in [3.63, 3.8) is 0 Å². The summed E-state index contributed by atoms with van der Waals surface area (Å²) in [4.78, 5) is 11.2. The Labute approximate surface area is 188 Å². The Balaban J connectivity index is 3.11. The van der Waals surface area contributed by atoms with Gasteiger partial charge in [0.25, 0.3) is 0 Å². The van der Waals surface area contributed by atoms with E-state index in [1.165, 1.54) is 89.9 Å². The molecule has 0 spiro atoms. The molecule has 0 saturated heterocycles. The molecule has 0 aromatic rings. The van der Waals surface area contributed by atoms with Gasteiger partial charge in [0.15, 0.2) is 0 Å². The summed E-state index contributed by atoms with van der Waals surface area (Å²) < 4.78 is 5.37. The first-order valence-electron chi connectivity index (χ1n) is 11.0. The number of hydrogen-bond acceptors (Lipinski definition) is 2. The second-order valence-electron chi connectivity index (χ2n) is 8.04. The molecule has 0 N–H and O–H groups in total. The smallest absolute Gasteiger partial charge is 0.333 e. The normalized spacial score (nSPS) is 11.7. The Kier molecular flexibility index (Phi) is 18.7. The van der Waals surface area contributed by atoms with Crippen LogP contribution in [0.5, 0.6) is 0 Å². The summed E-state index contributed by atoms with van der Waals surface area (Å²) in [6.07, 6.45) is 21.3. The molecule has 0 rings (SSSR count). The predicted molar refractivity (Wildman–Crippen MR) is 130 cm³/mol. The zero-order valence-corrected chi connectivity index (χ0v) is 23.0. The Morgan fingerprint density at radius 3 is 1.44 bits per heavy atom. The van der Waals surface area contributed by atoms with Gasteiger partial charge < -0.3 is 4.74 Å². The monoisotopic (exact) mass is 524 g/mol. The quantitative estimate of drug-likeness (QED) is 0.0587. The van der Waals surface area contributed by atoms with Crippen LogP contribution in [0.1, 0.15) is 110 Å². The number of esters is 1. The summed E-state index contributed by atoms with van der Waals surface area (Å²) >= 11 is 7.39. The summed E-state index contributed by atoms with van der Waals surface area (Å²) in [6.45, 7) is 5.81. The number of hydrogen-bond donors (Lipinski definition) is 0. The van der Waals surface area contributed by atoms with Crippen LogP contribution < -0.4 is 0 Å². The van der Waals surface area contributed by atoms with Gasteiger partial charge in [0.1, 0.15) is 0 Å². The van der Waals surface area contributed by atoms with Crippen LogP contribution in [0, 0.1) is 0 Å². The summed E-state index contributed by atoms with van der Waals surface area (Å²) in [6, 6.07) is 0. The van der Waals surface area contributed by atoms with Gasteiger partial charge in [0, 0.05) is 15.8 Å². The van der Waals surface area contributed by atoms with Crippen LogP contribution >= 0.6 is 31.9 Å². The summed E-state index contributed by atoms with van der Waals surface area (Å²) in [7, 11) is 1.16. The zero-order valence-electron chi connectivity index (χ0n) is 17.8. The number of carbonyl (C=O) groups is 1. The first kappa shape index (κ1) is 27.4. The van der Waals surface area contributed by atoms with Gasteiger partial charge >= 0.3 is 5.97 Å². The second-order valence-corrected chi connectivity index (χ2v) is 17.2. The SMILES string of the molecule is C=C(C)C(=O)OCCCCCCCCCCCCCCCCCC([SiH3])(Br)Br. The number of halogens is 2. The van der Waals surface area contributed by atoms with E-state index in [2.05, 4.69) is 38.4 Å². The van der Waals surface area contributed by atoms with Crippen molar-refractivity contribution >= 4 is 48.1 Å². The van der Waals surface area contributed by atoms with Gasteiger partial charge in [-0.15, -0.1) is 0 Å². The Hall–Kier alpha value is 0.387. The van der Waals surface area contributed by atoms with Crippen molar-refractivity contribution in [2.45, 2.75) is 113 Å². The van der Waals surface area contributed by atoms with E-state index >= 15 is 0 Å². The molecule has 0 saturated carbocycles. The first-order chi connectivity index (χ1) is 12.8. The van der Waals surface area contributed by atoms with Crippen molar-refractivity contribution in [2.24, 2.45) is 0 Å². The lowest BCUT2D eigenvalue weighted by Gasteiger charge is -2.13. The van der Waals surface area contributed by atoms with E-state index in [9.17, 15) is 4.79 Å². The minimum absolute atomic E-state index is 0.256. The largest absolute Gasteiger partial charge is 0.462 e. The molecule has 0 aliphatic rings. The number of unbranched alkanes of at least 4 members (excludes halogenated alkanes) is 14. The van der Waals surface area contributed by atoms with Crippen molar-refractivity contribution in [3.05, 3.63) is 12.2 Å². The highest BCUT2D eigenvalue weighted by Crippen LogP contribution is 2.28. The zero-order chi connectivity index (χ0) is 20.4. The molecular formula is C22H42Br2O2Si. The first-order valence-corrected chi connectivity index (χ1v) is 13.6. The van der Waals surface area contributed by atoms with Crippen LogP contribution in [-0.2, 0) is 9.53 Å². The van der Waals surface area contributed by atoms with Crippen molar-refractivity contribution < 1.29 is 9.53 Å². The van der Waals surface area contributed by atoms with Crippen LogP contribution in [0.25, 0.3) is 0 Å². The molecule has 0 amide bonds. The molecule has 0 aliphatic carbocycles. The molecule has 0 fully saturated rings. The molecule has 0 radical (unpaired) electrons. The molecule has 0 aliphatic heterocycles. The Morgan fingerprint density at radius 2 is 1.11 bits per heavy atom. The number of ether oxygens (including phenoxy) is 1. The maximum absolute atomic E-state index is 11.2. The summed E-state index contributed by atoms with van der Waals surface area (Å²) in [5.41, 5.74) is 0.490. The molecule has 0 atom stereocenters. The van der Waals surface area contributed by atoms with Gasteiger partial charge in [0.05, 0.1) is 9.46 Å². The fourth-order valence-electron chi connectivity index (χ4n) is 3.12. The van der Waals surface area contributed by atoms with Crippen molar-refractivity contribution in [1.29, 1.82) is 0 Å². The molecular weight excluding hydrogens is 484 g/mol. The highest BCUT2D eigenvalue weighted by molar-refractivity contribution is 9.26. The van der Waals surface area contributed by atoms with Crippen LogP contribution in [0.3, 0.4) is 0 Å². The average Bonchev–Trinajstić information content (AvgIpc) is 2.59. The standard InChI is InChI=1S/C22H42Br2O2Si/c1-20(2)21(25)26-19-17-15-13-11-9-7-5-3-4-6-8-10-12-14-16-18-22(23,24)27/h1,3-19H2,2,27H3. The fourth-order valence-corrected chi connectivity index (χ4v) is 4.04. The second kappa shape index (κ2) is 18.4. The summed E-state index contributed by atoms with van der Waals surface area (Å²) in [5, 5.41) is 0. The molecule has 0 bridgehead atoms. The Morgan fingerprint density at radius 1 is 0.778 bits per heavy atom. The minimum Gasteiger partial charge on any atom is -0.462 e. The molecule has 0 heterocycles. The molecule has 0 aromatic carbocycles. The van der Waals surface area contributed by atoms with Crippen LogP contribution in [0.2, 0.25) is 0 Å². The molecule has 5 heteroatoms. The van der Waals surface area contributed by atoms with Crippen LogP contribution in [0.4, 0.5) is 0 Å². The van der Waals surface area contributed by atoms with E-state index in [0.29, 0.717) is 12.2 Å². The Bertz CT molecular complexity index is 381. The van der Waals surface area contributed by atoms with Gasteiger partial charge in [-0.2, -0.15) is 0 Å². The van der Waals surface area contributed by atoms with Gasteiger partial charge in [-0.05, 0) is 19.8 Å². The topological polar surface area (TPSA) is 26.3 Å². The molecule has 27 heavy (non-hydrogen) atoms. The highest BCUT2D eigenvalue weighted by Gasteiger charge is 2.13. The van der Waals surface area contributed by atoms with E-state index in [1.54, 1.807) is 6.92 Å². The number of alkyl halides is 2. The summed E-state index contributed by atoms with van der Waals surface area (Å²) in [5.74, 6) is -0.256. The van der Waals surface area contributed by atoms with E-state index in [0.717, 1.165) is 23.1 Å². The van der Waals surface area contributed by atoms with E-state index in [1.807, 2.05) is 0 Å². The number of carbonyl (C=O) groups excluding carboxylic acids is 1. The van der Waals surface area contributed by atoms with Crippen LogP contribution in [-0.4, -0.2) is 25.7 Å². The molecule has 0 unspecified atom stereocenters. The fraction of sp³-hybridized carbons (Fsp3) is 0.864. The molecule has 0 aromatic heterocycles. The third-order valence-corrected chi connectivity index (χ3v) is 6.13. The van der Waals surface area contributed by atoms with Crippen molar-refractivity contribution in [1.82, 2.24) is 0 Å². The lowest BCUT2D eigenvalue weighted by Crippen LogP contribution is -2.09. The van der Waals surface area contributed by atoms with E-state index in [4.69, 9.17) is 4.74 Å². The average molecular weight is 526 g/mol. The lowest BCUT2D eigenvalue weighted by molar-refractivity contribution is -0.139. The van der Waals surface area contributed by atoms with Crippen molar-refractivity contribution in [3.8, 4) is 0 Å². The van der Waals surface area contributed by atoms with Gasteiger partial charge in [0.2, 0.25) is 0 Å².